The van der Waals surface area contributed by atoms with E-state index in [9.17, 15) is 9.59 Å². The van der Waals surface area contributed by atoms with E-state index >= 15 is 0 Å². The van der Waals surface area contributed by atoms with Gasteiger partial charge in [0.2, 0.25) is 5.91 Å². The van der Waals surface area contributed by atoms with Crippen molar-refractivity contribution in [2.75, 3.05) is 18.6 Å². The van der Waals surface area contributed by atoms with E-state index < -0.39 is 12.0 Å². The highest BCUT2D eigenvalue weighted by atomic mass is 32.2. The van der Waals surface area contributed by atoms with Crippen LogP contribution < -0.4 is 5.32 Å². The van der Waals surface area contributed by atoms with Crippen LogP contribution in [-0.2, 0) is 20.7 Å². The van der Waals surface area contributed by atoms with E-state index in [1.165, 1.54) is 12.7 Å². The van der Waals surface area contributed by atoms with Crippen LogP contribution in [0.4, 0.5) is 0 Å². The molecule has 0 radical (unpaired) electrons. The predicted molar refractivity (Wildman–Crippen MR) is 77.1 cm³/mol. The van der Waals surface area contributed by atoms with Crippen LogP contribution in [0.2, 0.25) is 0 Å². The second-order valence-corrected chi connectivity index (χ2v) is 5.21. The van der Waals surface area contributed by atoms with Gasteiger partial charge in [-0.2, -0.15) is 11.8 Å². The van der Waals surface area contributed by atoms with Gasteiger partial charge in [0.1, 0.15) is 6.04 Å². The number of rotatable bonds is 7. The highest BCUT2D eigenvalue weighted by Gasteiger charge is 2.15. The van der Waals surface area contributed by atoms with Gasteiger partial charge in [-0.3, -0.25) is 4.79 Å². The number of methoxy groups -OCH3 is 1. The number of aryl methyl sites for hydroxylation is 1. The summed E-state index contributed by atoms with van der Waals surface area (Å²) in [5.74, 6) is 0.664. The van der Waals surface area contributed by atoms with Gasteiger partial charge in [0.05, 0.1) is 12.9 Å². The average Bonchev–Trinajstić information content (AvgIpc) is 2.43. The summed E-state index contributed by atoms with van der Waals surface area (Å²) < 4.78 is 4.54. The summed E-state index contributed by atoms with van der Waals surface area (Å²) >= 11 is 1.55. The molecule has 1 atom stereocenters. The number of hydrogen-bond donors (Lipinski definition) is 1. The van der Waals surface area contributed by atoms with Crippen molar-refractivity contribution in [3.05, 3.63) is 35.9 Å². The first-order valence-corrected chi connectivity index (χ1v) is 7.28. The van der Waals surface area contributed by atoms with E-state index in [-0.39, 0.29) is 5.91 Å². The molecule has 0 aromatic heterocycles. The monoisotopic (exact) mass is 281 g/mol. The van der Waals surface area contributed by atoms with Crippen LogP contribution in [0, 0.1) is 0 Å². The molecule has 1 rings (SSSR count). The Hall–Kier alpha value is -1.49. The van der Waals surface area contributed by atoms with Gasteiger partial charge >= 0.3 is 5.97 Å². The summed E-state index contributed by atoms with van der Waals surface area (Å²) in [4.78, 5) is 22.7. The van der Waals surface area contributed by atoms with E-state index in [1.807, 2.05) is 18.2 Å². The lowest BCUT2D eigenvalue weighted by Crippen LogP contribution is -2.40. The second kappa shape index (κ2) is 8.58. The Morgan fingerprint density at radius 2 is 2.00 bits per heavy atom. The number of thioether (sulfide) groups is 1. The van der Waals surface area contributed by atoms with Gasteiger partial charge in [-0.25, -0.2) is 4.79 Å². The van der Waals surface area contributed by atoms with Crippen molar-refractivity contribution in [1.82, 2.24) is 5.32 Å². The molecule has 5 heteroatoms. The van der Waals surface area contributed by atoms with Crippen LogP contribution in [-0.4, -0.2) is 36.5 Å². The van der Waals surface area contributed by atoms with Crippen molar-refractivity contribution in [3.63, 3.8) is 0 Å². The number of benzene rings is 1. The minimum Gasteiger partial charge on any atom is -0.467 e. The highest BCUT2D eigenvalue weighted by molar-refractivity contribution is 7.99. The lowest BCUT2D eigenvalue weighted by Gasteiger charge is -2.11. The SMILES string of the molecule is COC(=O)C(C)NC(=O)CSCCc1ccccc1. The highest BCUT2D eigenvalue weighted by Crippen LogP contribution is 2.06. The van der Waals surface area contributed by atoms with Gasteiger partial charge in [-0.1, -0.05) is 30.3 Å². The number of ether oxygens (including phenoxy) is 1. The van der Waals surface area contributed by atoms with Crippen LogP contribution in [0.3, 0.4) is 0 Å². The molecule has 0 bridgehead atoms. The molecular formula is C14H19NO3S. The van der Waals surface area contributed by atoms with Gasteiger partial charge in [-0.05, 0) is 24.7 Å². The molecule has 1 amide bonds. The molecule has 0 heterocycles. The molecule has 19 heavy (non-hydrogen) atoms. The summed E-state index contributed by atoms with van der Waals surface area (Å²) in [6.45, 7) is 1.61. The molecule has 1 unspecified atom stereocenters. The molecule has 0 saturated carbocycles. The lowest BCUT2D eigenvalue weighted by molar-refractivity contribution is -0.144. The molecule has 1 aromatic rings. The first kappa shape index (κ1) is 15.6. The molecule has 0 saturated heterocycles. The maximum absolute atomic E-state index is 11.5. The summed E-state index contributed by atoms with van der Waals surface area (Å²) in [6.07, 6.45) is 0.936. The molecule has 0 fully saturated rings. The molecular weight excluding hydrogens is 262 g/mol. The number of amides is 1. The number of carbonyl (C=O) groups is 2. The molecule has 0 aliphatic rings. The maximum atomic E-state index is 11.5. The number of nitrogens with one attached hydrogen (secondary N) is 1. The maximum Gasteiger partial charge on any atom is 0.328 e. The topological polar surface area (TPSA) is 55.4 Å². The van der Waals surface area contributed by atoms with E-state index in [1.54, 1.807) is 18.7 Å². The van der Waals surface area contributed by atoms with Gasteiger partial charge in [-0.15, -0.1) is 0 Å². The second-order valence-electron chi connectivity index (χ2n) is 4.10. The fourth-order valence-electron chi connectivity index (χ4n) is 1.52. The van der Waals surface area contributed by atoms with Crippen molar-refractivity contribution >= 4 is 23.6 Å². The summed E-state index contributed by atoms with van der Waals surface area (Å²) in [5, 5.41) is 2.59. The van der Waals surface area contributed by atoms with Crippen LogP contribution in [0.5, 0.6) is 0 Å². The Bertz CT molecular complexity index is 408. The van der Waals surface area contributed by atoms with Gasteiger partial charge < -0.3 is 10.1 Å². The first-order chi connectivity index (χ1) is 9.13. The minimum atomic E-state index is -0.591. The molecule has 1 aromatic carbocycles. The van der Waals surface area contributed by atoms with E-state index in [2.05, 4.69) is 22.2 Å². The van der Waals surface area contributed by atoms with Gasteiger partial charge in [0, 0.05) is 0 Å². The number of esters is 1. The van der Waals surface area contributed by atoms with Crippen molar-refractivity contribution in [2.24, 2.45) is 0 Å². The Morgan fingerprint density at radius 3 is 2.63 bits per heavy atom. The van der Waals surface area contributed by atoms with Gasteiger partial charge in [0.15, 0.2) is 0 Å². The number of carbonyl (C=O) groups excluding carboxylic acids is 2. The Morgan fingerprint density at radius 1 is 1.32 bits per heavy atom. The zero-order valence-corrected chi connectivity index (χ0v) is 12.0. The normalized spacial score (nSPS) is 11.7. The molecule has 0 aliphatic heterocycles. The molecule has 4 nitrogen and oxygen atoms in total. The number of hydrogen-bond acceptors (Lipinski definition) is 4. The standard InChI is InChI=1S/C14H19NO3S/c1-11(14(17)18-2)15-13(16)10-19-9-8-12-6-4-3-5-7-12/h3-7,11H,8-10H2,1-2H3,(H,15,16). The average molecular weight is 281 g/mol. The Kier molecular flexibility index (Phi) is 7.03. The zero-order valence-electron chi connectivity index (χ0n) is 11.2. The van der Waals surface area contributed by atoms with Crippen LogP contribution in [0.15, 0.2) is 30.3 Å². The molecule has 0 aliphatic carbocycles. The van der Waals surface area contributed by atoms with Crippen LogP contribution in [0.1, 0.15) is 12.5 Å². The first-order valence-electron chi connectivity index (χ1n) is 6.12. The lowest BCUT2D eigenvalue weighted by atomic mass is 10.2. The smallest absolute Gasteiger partial charge is 0.328 e. The van der Waals surface area contributed by atoms with Crippen molar-refractivity contribution in [2.45, 2.75) is 19.4 Å². The van der Waals surface area contributed by atoms with Crippen molar-refractivity contribution in [3.8, 4) is 0 Å². The predicted octanol–water partition coefficient (Wildman–Crippen LogP) is 1.64. The van der Waals surface area contributed by atoms with Gasteiger partial charge in [0.25, 0.3) is 0 Å². The minimum absolute atomic E-state index is 0.143. The van der Waals surface area contributed by atoms with E-state index in [0.29, 0.717) is 5.75 Å². The fraction of sp³-hybridized carbons (Fsp3) is 0.429. The Labute approximate surface area is 117 Å². The van der Waals surface area contributed by atoms with Crippen molar-refractivity contribution in [1.29, 1.82) is 0 Å². The third-order valence-electron chi connectivity index (χ3n) is 2.54. The van der Waals surface area contributed by atoms with Crippen LogP contribution >= 0.6 is 11.8 Å². The molecule has 104 valence electrons. The Balaban J connectivity index is 2.15. The van der Waals surface area contributed by atoms with E-state index in [0.717, 1.165) is 12.2 Å². The molecule has 0 spiro atoms. The van der Waals surface area contributed by atoms with E-state index in [4.69, 9.17) is 0 Å². The third kappa shape index (κ3) is 6.29. The summed E-state index contributed by atoms with van der Waals surface area (Å²) in [6, 6.07) is 9.54. The fourth-order valence-corrected chi connectivity index (χ4v) is 2.31. The largest absolute Gasteiger partial charge is 0.467 e. The quantitative estimate of drug-likeness (QED) is 0.610. The molecule has 1 N–H and O–H groups in total. The summed E-state index contributed by atoms with van der Waals surface area (Å²) in [7, 11) is 1.31. The zero-order chi connectivity index (χ0) is 14.1. The van der Waals surface area contributed by atoms with Crippen LogP contribution in [0.25, 0.3) is 0 Å². The van der Waals surface area contributed by atoms with Crippen molar-refractivity contribution < 1.29 is 14.3 Å². The third-order valence-corrected chi connectivity index (χ3v) is 3.50. The summed E-state index contributed by atoms with van der Waals surface area (Å²) in [5.41, 5.74) is 1.26.